The summed E-state index contributed by atoms with van der Waals surface area (Å²) in [6.07, 6.45) is 1.26. The van der Waals surface area contributed by atoms with E-state index in [1.54, 1.807) is 7.11 Å². The van der Waals surface area contributed by atoms with Crippen LogP contribution in [-0.2, 0) is 11.2 Å². The molecule has 0 radical (unpaired) electrons. The van der Waals surface area contributed by atoms with E-state index in [1.165, 1.54) is 11.1 Å². The molecule has 76 valence electrons. The lowest BCUT2D eigenvalue weighted by Gasteiger charge is -2.17. The monoisotopic (exact) mass is 255 g/mol. The number of fused-ring (bicyclic) bond motifs is 1. The van der Waals surface area contributed by atoms with Gasteiger partial charge in [0.2, 0.25) is 0 Å². The van der Waals surface area contributed by atoms with Gasteiger partial charge in [-0.2, -0.15) is 0 Å². The first-order valence-corrected chi connectivity index (χ1v) is 5.54. The molecular formula is C11H14BrNO. The number of halogens is 1. The molecule has 1 aliphatic carbocycles. The van der Waals surface area contributed by atoms with Gasteiger partial charge in [0, 0.05) is 18.0 Å². The molecule has 0 saturated heterocycles. The third kappa shape index (κ3) is 1.60. The molecular weight excluding hydrogens is 242 g/mol. The van der Waals surface area contributed by atoms with Crippen molar-refractivity contribution in [3.8, 4) is 0 Å². The highest BCUT2D eigenvalue weighted by molar-refractivity contribution is 9.10. The summed E-state index contributed by atoms with van der Waals surface area (Å²) in [6.45, 7) is 0. The Balaban J connectivity index is 2.37. The van der Waals surface area contributed by atoms with Crippen molar-refractivity contribution in [2.24, 2.45) is 0 Å². The van der Waals surface area contributed by atoms with Crippen LogP contribution in [0, 0.1) is 0 Å². The maximum Gasteiger partial charge on any atom is 0.0806 e. The predicted molar refractivity (Wildman–Crippen MR) is 60.4 cm³/mol. The summed E-state index contributed by atoms with van der Waals surface area (Å²) in [4.78, 5) is 0. The first kappa shape index (κ1) is 10.1. The Morgan fingerprint density at radius 1 is 1.50 bits per heavy atom. The van der Waals surface area contributed by atoms with Crippen LogP contribution >= 0.6 is 15.9 Å². The van der Waals surface area contributed by atoms with E-state index in [9.17, 15) is 0 Å². The van der Waals surface area contributed by atoms with Crippen molar-refractivity contribution >= 4 is 15.9 Å². The molecule has 1 aromatic carbocycles. The molecule has 1 aliphatic rings. The van der Waals surface area contributed by atoms with E-state index in [2.05, 4.69) is 39.4 Å². The van der Waals surface area contributed by atoms with Crippen molar-refractivity contribution < 1.29 is 4.74 Å². The standard InChI is InChI=1S/C11H14BrNO/c1-13-11-9-4-3-8(12)5-7(9)6-10(11)14-2/h3-5,10-11,13H,6H2,1-2H3/t10-,11+/m1/s1. The molecule has 1 aromatic rings. The second-order valence-electron chi connectivity index (χ2n) is 3.59. The zero-order valence-electron chi connectivity index (χ0n) is 8.38. The van der Waals surface area contributed by atoms with Gasteiger partial charge in [-0.1, -0.05) is 22.0 Å². The number of ether oxygens (including phenoxy) is 1. The second kappa shape index (κ2) is 4.01. The van der Waals surface area contributed by atoms with Gasteiger partial charge >= 0.3 is 0 Å². The molecule has 2 atom stereocenters. The molecule has 0 saturated carbocycles. The smallest absolute Gasteiger partial charge is 0.0806 e. The number of methoxy groups -OCH3 is 1. The topological polar surface area (TPSA) is 21.3 Å². The molecule has 0 spiro atoms. The van der Waals surface area contributed by atoms with Crippen molar-refractivity contribution in [1.82, 2.24) is 5.32 Å². The van der Waals surface area contributed by atoms with E-state index >= 15 is 0 Å². The number of rotatable bonds is 2. The number of likely N-dealkylation sites (N-methyl/N-ethyl adjacent to an activating group) is 1. The highest BCUT2D eigenvalue weighted by Crippen LogP contribution is 2.34. The lowest BCUT2D eigenvalue weighted by molar-refractivity contribution is 0.0815. The highest BCUT2D eigenvalue weighted by atomic mass is 79.9. The van der Waals surface area contributed by atoms with Crippen molar-refractivity contribution in [2.75, 3.05) is 14.2 Å². The molecule has 2 rings (SSSR count). The molecule has 14 heavy (non-hydrogen) atoms. The molecule has 0 aromatic heterocycles. The van der Waals surface area contributed by atoms with E-state index in [4.69, 9.17) is 4.74 Å². The Labute approximate surface area is 92.8 Å². The van der Waals surface area contributed by atoms with Gasteiger partial charge in [0.25, 0.3) is 0 Å². The van der Waals surface area contributed by atoms with Gasteiger partial charge in [0.1, 0.15) is 0 Å². The first-order chi connectivity index (χ1) is 6.76. The van der Waals surface area contributed by atoms with E-state index in [0.717, 1.165) is 10.9 Å². The lowest BCUT2D eigenvalue weighted by atomic mass is 10.1. The molecule has 1 N–H and O–H groups in total. The fourth-order valence-corrected chi connectivity index (χ4v) is 2.56. The second-order valence-corrected chi connectivity index (χ2v) is 4.50. The maximum atomic E-state index is 5.46. The van der Waals surface area contributed by atoms with Crippen LogP contribution in [-0.4, -0.2) is 20.3 Å². The lowest BCUT2D eigenvalue weighted by Crippen LogP contribution is -2.27. The van der Waals surface area contributed by atoms with Crippen molar-refractivity contribution in [3.63, 3.8) is 0 Å². The minimum atomic E-state index is 0.268. The van der Waals surface area contributed by atoms with Crippen LogP contribution in [0.4, 0.5) is 0 Å². The van der Waals surface area contributed by atoms with Gasteiger partial charge in [-0.3, -0.25) is 0 Å². The van der Waals surface area contributed by atoms with Crippen molar-refractivity contribution in [2.45, 2.75) is 18.6 Å². The predicted octanol–water partition coefficient (Wildman–Crippen LogP) is 2.28. The third-order valence-corrected chi connectivity index (χ3v) is 3.34. The fourth-order valence-electron chi connectivity index (χ4n) is 2.15. The molecule has 0 unspecified atom stereocenters. The summed E-state index contributed by atoms with van der Waals surface area (Å²) >= 11 is 3.49. The van der Waals surface area contributed by atoms with Gasteiger partial charge in [-0.15, -0.1) is 0 Å². The van der Waals surface area contributed by atoms with Crippen LogP contribution in [0.15, 0.2) is 22.7 Å². The zero-order valence-corrected chi connectivity index (χ0v) is 9.97. The molecule has 3 heteroatoms. The molecule has 0 heterocycles. The SMILES string of the molecule is CN[C@H]1c2ccc(Br)cc2C[C@H]1OC. The summed E-state index contributed by atoms with van der Waals surface area (Å²) in [5.41, 5.74) is 2.74. The van der Waals surface area contributed by atoms with Crippen molar-refractivity contribution in [1.29, 1.82) is 0 Å². The minimum Gasteiger partial charge on any atom is -0.379 e. The number of hydrogen-bond donors (Lipinski definition) is 1. The third-order valence-electron chi connectivity index (χ3n) is 2.85. The molecule has 0 fully saturated rings. The first-order valence-electron chi connectivity index (χ1n) is 4.74. The Hall–Kier alpha value is -0.380. The Morgan fingerprint density at radius 3 is 2.93 bits per heavy atom. The van der Waals surface area contributed by atoms with Gasteiger partial charge < -0.3 is 10.1 Å². The summed E-state index contributed by atoms with van der Waals surface area (Å²) in [7, 11) is 3.75. The van der Waals surface area contributed by atoms with Gasteiger partial charge in [-0.25, -0.2) is 0 Å². The summed E-state index contributed by atoms with van der Waals surface area (Å²) in [5, 5.41) is 3.30. The van der Waals surface area contributed by atoms with Crippen LogP contribution in [0.25, 0.3) is 0 Å². The van der Waals surface area contributed by atoms with E-state index in [1.807, 2.05) is 7.05 Å². The van der Waals surface area contributed by atoms with E-state index < -0.39 is 0 Å². The average Bonchev–Trinajstić information content (AvgIpc) is 2.54. The maximum absolute atomic E-state index is 5.46. The molecule has 0 amide bonds. The zero-order chi connectivity index (χ0) is 10.1. The Bertz CT molecular complexity index is 340. The minimum absolute atomic E-state index is 0.268. The summed E-state index contributed by atoms with van der Waals surface area (Å²) in [5.74, 6) is 0. The molecule has 0 aliphatic heterocycles. The van der Waals surface area contributed by atoms with Crippen molar-refractivity contribution in [3.05, 3.63) is 33.8 Å². The van der Waals surface area contributed by atoms with Crippen LogP contribution < -0.4 is 5.32 Å². The fraction of sp³-hybridized carbons (Fsp3) is 0.455. The van der Waals surface area contributed by atoms with Gasteiger partial charge in [0.15, 0.2) is 0 Å². The van der Waals surface area contributed by atoms with Crippen LogP contribution in [0.1, 0.15) is 17.2 Å². The molecule has 0 bridgehead atoms. The largest absolute Gasteiger partial charge is 0.379 e. The quantitative estimate of drug-likeness (QED) is 0.876. The van der Waals surface area contributed by atoms with Crippen LogP contribution in [0.3, 0.4) is 0 Å². The van der Waals surface area contributed by atoms with E-state index in [-0.39, 0.29) is 6.10 Å². The number of nitrogens with one attached hydrogen (secondary N) is 1. The molecule has 2 nitrogen and oxygen atoms in total. The van der Waals surface area contributed by atoms with E-state index in [0.29, 0.717) is 6.04 Å². The normalized spacial score (nSPS) is 25.1. The van der Waals surface area contributed by atoms with Crippen LogP contribution in [0.5, 0.6) is 0 Å². The number of hydrogen-bond acceptors (Lipinski definition) is 2. The Kier molecular flexibility index (Phi) is 2.91. The average molecular weight is 256 g/mol. The Morgan fingerprint density at radius 2 is 2.29 bits per heavy atom. The van der Waals surface area contributed by atoms with Gasteiger partial charge in [0.05, 0.1) is 12.1 Å². The van der Waals surface area contributed by atoms with Gasteiger partial charge in [-0.05, 0) is 30.3 Å². The van der Waals surface area contributed by atoms with Crippen LogP contribution in [0.2, 0.25) is 0 Å². The highest BCUT2D eigenvalue weighted by Gasteiger charge is 2.31. The number of benzene rings is 1. The summed E-state index contributed by atoms with van der Waals surface area (Å²) < 4.78 is 6.60. The summed E-state index contributed by atoms with van der Waals surface area (Å²) in [6, 6.07) is 6.77.